The molecule has 0 atom stereocenters. The normalized spacial score (nSPS) is 19.6. The van der Waals surface area contributed by atoms with E-state index in [1.165, 1.54) is 36.8 Å². The second kappa shape index (κ2) is 7.68. The average molecular weight is 397 g/mol. The number of halogens is 1. The molecule has 0 spiro atoms. The standard InChI is InChI=1S/C17H25BrN4O2/c1-20-17(24)16(18)14(12-19-20)21-7-9-22(10-8-21)15(23)11-13-5-3-2-4-6-13/h12-13H,2-11H2,1H3. The summed E-state index contributed by atoms with van der Waals surface area (Å²) in [6.07, 6.45) is 8.70. The van der Waals surface area contributed by atoms with E-state index < -0.39 is 0 Å². The van der Waals surface area contributed by atoms with Gasteiger partial charge in [0.25, 0.3) is 5.56 Å². The van der Waals surface area contributed by atoms with Crippen LogP contribution in [0.1, 0.15) is 38.5 Å². The summed E-state index contributed by atoms with van der Waals surface area (Å²) in [5, 5.41) is 4.10. The number of carbonyl (C=O) groups is 1. The van der Waals surface area contributed by atoms with Crippen LogP contribution in [0.25, 0.3) is 0 Å². The fourth-order valence-corrected chi connectivity index (χ4v) is 4.30. The number of carbonyl (C=O) groups excluding carboxylic acids is 1. The zero-order valence-electron chi connectivity index (χ0n) is 14.2. The minimum atomic E-state index is -0.136. The summed E-state index contributed by atoms with van der Waals surface area (Å²) in [6, 6.07) is 0. The zero-order chi connectivity index (χ0) is 17.1. The maximum absolute atomic E-state index is 12.5. The van der Waals surface area contributed by atoms with Gasteiger partial charge in [0.15, 0.2) is 0 Å². The first kappa shape index (κ1) is 17.5. The van der Waals surface area contributed by atoms with Crippen LogP contribution in [0.5, 0.6) is 0 Å². The van der Waals surface area contributed by atoms with Gasteiger partial charge in [-0.2, -0.15) is 5.10 Å². The highest BCUT2D eigenvalue weighted by atomic mass is 79.9. The van der Waals surface area contributed by atoms with E-state index in [4.69, 9.17) is 0 Å². The molecule has 0 N–H and O–H groups in total. The summed E-state index contributed by atoms with van der Waals surface area (Å²) >= 11 is 3.38. The van der Waals surface area contributed by atoms with Gasteiger partial charge in [-0.15, -0.1) is 0 Å². The fourth-order valence-electron chi connectivity index (χ4n) is 3.69. The number of amides is 1. The van der Waals surface area contributed by atoms with Crippen molar-refractivity contribution in [1.29, 1.82) is 0 Å². The molecule has 1 aromatic rings. The monoisotopic (exact) mass is 396 g/mol. The largest absolute Gasteiger partial charge is 0.366 e. The molecule has 0 aromatic carbocycles. The predicted octanol–water partition coefficient (Wildman–Crippen LogP) is 2.16. The Morgan fingerprint density at radius 2 is 1.88 bits per heavy atom. The van der Waals surface area contributed by atoms with Crippen LogP contribution >= 0.6 is 15.9 Å². The number of hydrogen-bond acceptors (Lipinski definition) is 4. The van der Waals surface area contributed by atoms with Gasteiger partial charge in [0.1, 0.15) is 4.47 Å². The minimum absolute atomic E-state index is 0.136. The fraction of sp³-hybridized carbons (Fsp3) is 0.706. The van der Waals surface area contributed by atoms with Crippen molar-refractivity contribution in [3.05, 3.63) is 21.0 Å². The molecule has 1 saturated carbocycles. The third kappa shape index (κ3) is 3.82. The highest BCUT2D eigenvalue weighted by Crippen LogP contribution is 2.27. The number of nitrogens with zero attached hydrogens (tertiary/aromatic N) is 4. The molecule has 2 fully saturated rings. The number of aromatic nitrogens is 2. The highest BCUT2D eigenvalue weighted by molar-refractivity contribution is 9.10. The molecule has 1 aliphatic carbocycles. The third-order valence-corrected chi connectivity index (χ3v) is 5.97. The van der Waals surface area contributed by atoms with Crippen LogP contribution in [0, 0.1) is 5.92 Å². The molecule has 0 unspecified atom stereocenters. The van der Waals surface area contributed by atoms with Crippen molar-refractivity contribution in [3.8, 4) is 0 Å². The molecule has 1 aliphatic heterocycles. The van der Waals surface area contributed by atoms with Gasteiger partial charge in [0, 0.05) is 39.6 Å². The van der Waals surface area contributed by atoms with Crippen LogP contribution in [0.4, 0.5) is 5.69 Å². The first-order chi connectivity index (χ1) is 11.6. The molecule has 1 saturated heterocycles. The quantitative estimate of drug-likeness (QED) is 0.785. The lowest BCUT2D eigenvalue weighted by Gasteiger charge is -2.37. The molecule has 2 heterocycles. The highest BCUT2D eigenvalue weighted by Gasteiger charge is 2.25. The van der Waals surface area contributed by atoms with Crippen molar-refractivity contribution in [2.75, 3.05) is 31.1 Å². The average Bonchev–Trinajstić information content (AvgIpc) is 2.61. The number of anilines is 1. The van der Waals surface area contributed by atoms with Crippen LogP contribution < -0.4 is 10.5 Å². The van der Waals surface area contributed by atoms with Crippen molar-refractivity contribution in [2.45, 2.75) is 38.5 Å². The Hall–Kier alpha value is -1.37. The summed E-state index contributed by atoms with van der Waals surface area (Å²) in [4.78, 5) is 28.6. The maximum Gasteiger partial charge on any atom is 0.282 e. The van der Waals surface area contributed by atoms with E-state index in [2.05, 4.69) is 25.9 Å². The van der Waals surface area contributed by atoms with E-state index in [0.717, 1.165) is 18.8 Å². The molecule has 1 aromatic heterocycles. The van der Waals surface area contributed by atoms with Crippen LogP contribution in [0.15, 0.2) is 15.5 Å². The van der Waals surface area contributed by atoms with Crippen molar-refractivity contribution in [3.63, 3.8) is 0 Å². The molecule has 3 rings (SSSR count). The first-order valence-electron chi connectivity index (χ1n) is 8.81. The molecule has 0 bridgehead atoms. The van der Waals surface area contributed by atoms with Gasteiger partial charge in [-0.3, -0.25) is 9.59 Å². The SMILES string of the molecule is Cn1ncc(N2CCN(C(=O)CC3CCCCC3)CC2)c(Br)c1=O. The molecule has 24 heavy (non-hydrogen) atoms. The number of hydrogen-bond donors (Lipinski definition) is 0. The van der Waals surface area contributed by atoms with Crippen molar-refractivity contribution < 1.29 is 4.79 Å². The number of rotatable bonds is 3. The maximum atomic E-state index is 12.5. The van der Waals surface area contributed by atoms with Gasteiger partial charge < -0.3 is 9.80 Å². The molecule has 2 aliphatic rings. The topological polar surface area (TPSA) is 58.4 Å². The predicted molar refractivity (Wildman–Crippen MR) is 97.2 cm³/mol. The van der Waals surface area contributed by atoms with E-state index in [1.807, 2.05) is 4.90 Å². The number of aryl methyl sites for hydroxylation is 1. The summed E-state index contributed by atoms with van der Waals surface area (Å²) in [6.45, 7) is 2.91. The Morgan fingerprint density at radius 1 is 1.21 bits per heavy atom. The van der Waals surface area contributed by atoms with Gasteiger partial charge in [-0.25, -0.2) is 4.68 Å². The Kier molecular flexibility index (Phi) is 5.58. The van der Waals surface area contributed by atoms with E-state index in [-0.39, 0.29) is 5.56 Å². The number of piperazine rings is 1. The van der Waals surface area contributed by atoms with Gasteiger partial charge in [-0.05, 0) is 34.7 Å². The van der Waals surface area contributed by atoms with E-state index >= 15 is 0 Å². The van der Waals surface area contributed by atoms with Crippen LogP contribution in [-0.4, -0.2) is 46.8 Å². The lowest BCUT2D eigenvalue weighted by Crippen LogP contribution is -2.49. The minimum Gasteiger partial charge on any atom is -0.366 e. The Balaban J connectivity index is 1.56. The van der Waals surface area contributed by atoms with E-state index in [1.54, 1.807) is 13.2 Å². The molecule has 7 heteroatoms. The van der Waals surface area contributed by atoms with E-state index in [0.29, 0.717) is 35.8 Å². The van der Waals surface area contributed by atoms with Gasteiger partial charge in [-0.1, -0.05) is 19.3 Å². The van der Waals surface area contributed by atoms with Crippen LogP contribution in [0.2, 0.25) is 0 Å². The first-order valence-corrected chi connectivity index (χ1v) is 9.60. The molecular weight excluding hydrogens is 372 g/mol. The van der Waals surface area contributed by atoms with E-state index in [9.17, 15) is 9.59 Å². The van der Waals surface area contributed by atoms with Crippen molar-refractivity contribution in [1.82, 2.24) is 14.7 Å². The van der Waals surface area contributed by atoms with Crippen molar-refractivity contribution >= 4 is 27.5 Å². The second-order valence-electron chi connectivity index (χ2n) is 6.85. The third-order valence-electron chi connectivity index (χ3n) is 5.22. The lowest BCUT2D eigenvalue weighted by molar-refractivity contribution is -0.132. The Bertz CT molecular complexity index is 646. The molecule has 132 valence electrons. The second-order valence-corrected chi connectivity index (χ2v) is 7.64. The summed E-state index contributed by atoms with van der Waals surface area (Å²) in [7, 11) is 1.64. The van der Waals surface area contributed by atoms with Crippen LogP contribution in [0.3, 0.4) is 0 Å². The van der Waals surface area contributed by atoms with Gasteiger partial charge in [0.05, 0.1) is 11.9 Å². The Morgan fingerprint density at radius 3 is 2.54 bits per heavy atom. The van der Waals surface area contributed by atoms with Crippen LogP contribution in [-0.2, 0) is 11.8 Å². The lowest BCUT2D eigenvalue weighted by atomic mass is 9.86. The molecule has 0 radical (unpaired) electrons. The smallest absolute Gasteiger partial charge is 0.282 e. The van der Waals surface area contributed by atoms with Gasteiger partial charge >= 0.3 is 0 Å². The van der Waals surface area contributed by atoms with Crippen molar-refractivity contribution in [2.24, 2.45) is 13.0 Å². The molecule has 1 amide bonds. The summed E-state index contributed by atoms with van der Waals surface area (Å²) in [5.41, 5.74) is 0.681. The Labute approximate surface area is 150 Å². The summed E-state index contributed by atoms with van der Waals surface area (Å²) < 4.78 is 1.86. The molecule has 6 nitrogen and oxygen atoms in total. The molecular formula is C17H25BrN4O2. The zero-order valence-corrected chi connectivity index (χ0v) is 15.8. The van der Waals surface area contributed by atoms with Gasteiger partial charge in [0.2, 0.25) is 5.91 Å². The summed E-state index contributed by atoms with van der Waals surface area (Å²) in [5.74, 6) is 0.877.